The van der Waals surface area contributed by atoms with Crippen LogP contribution in [0.2, 0.25) is 25.2 Å². The summed E-state index contributed by atoms with van der Waals surface area (Å²) in [6, 6.07) is 20.0. The fourth-order valence-electron chi connectivity index (χ4n) is 6.59. The number of rotatable bonds is 2. The Labute approximate surface area is 187 Å². The molecule has 1 saturated heterocycles. The van der Waals surface area contributed by atoms with Gasteiger partial charge >= 0.3 is 0 Å². The van der Waals surface area contributed by atoms with E-state index in [4.69, 9.17) is 4.42 Å². The van der Waals surface area contributed by atoms with E-state index in [-0.39, 0.29) is 0 Å². The number of nitrogens with zero attached hydrogens (tertiary/aromatic N) is 1. The zero-order chi connectivity index (χ0) is 22.3. The summed E-state index contributed by atoms with van der Waals surface area (Å²) < 4.78 is 18.4. The van der Waals surface area contributed by atoms with Crippen molar-refractivity contribution in [2.45, 2.75) is 50.8 Å². The first kappa shape index (κ1) is 18.2. The number of benzene rings is 2. The maximum atomic E-state index is 9.55. The van der Waals surface area contributed by atoms with Crippen molar-refractivity contribution >= 4 is 30.0 Å². The van der Waals surface area contributed by atoms with Crippen LogP contribution in [0.4, 0.5) is 0 Å². The lowest BCUT2D eigenvalue weighted by Gasteiger charge is -2.18. The van der Waals surface area contributed by atoms with Gasteiger partial charge in [0, 0.05) is 32.3 Å². The molecule has 0 bridgehead atoms. The summed E-state index contributed by atoms with van der Waals surface area (Å²) >= 11 is 0. The molecule has 3 heterocycles. The van der Waals surface area contributed by atoms with Crippen LogP contribution in [0.5, 0.6) is 0 Å². The second-order valence-corrected chi connectivity index (χ2v) is 15.9. The first-order valence-corrected chi connectivity index (χ1v) is 15.1. The van der Waals surface area contributed by atoms with E-state index in [0.717, 1.165) is 63.4 Å². The highest BCUT2D eigenvalue weighted by Gasteiger charge is 2.46. The summed E-state index contributed by atoms with van der Waals surface area (Å²) in [6.45, 7) is 7.22. The number of aromatic nitrogens is 1. The van der Waals surface area contributed by atoms with Crippen molar-refractivity contribution in [1.29, 1.82) is 0 Å². The lowest BCUT2D eigenvalue weighted by atomic mass is 9.94. The Hall–Kier alpha value is -2.39. The standard InChI is InChI=1S/C28H32NOSi/c1-18-11-12-24-23-9-7-8-22(19-14-20-16-31(3,4)17-21(20)15-19)27(23)30-28(24)26(18)25-10-5-6-13-29(25)2/h5-13,19-21H,14-17H2,1-4H3/q+1/i19D. The van der Waals surface area contributed by atoms with Crippen molar-refractivity contribution in [3.8, 4) is 11.3 Å². The highest BCUT2D eigenvalue weighted by Crippen LogP contribution is 2.55. The molecule has 158 valence electrons. The van der Waals surface area contributed by atoms with Crippen LogP contribution in [0.25, 0.3) is 33.2 Å². The van der Waals surface area contributed by atoms with Gasteiger partial charge in [0.2, 0.25) is 5.69 Å². The number of pyridine rings is 1. The van der Waals surface area contributed by atoms with Gasteiger partial charge in [-0.25, -0.2) is 4.57 Å². The minimum Gasteiger partial charge on any atom is -0.455 e. The number of fused-ring (bicyclic) bond motifs is 4. The molecule has 2 nitrogen and oxygen atoms in total. The number of hydrogen-bond donors (Lipinski definition) is 0. The predicted octanol–water partition coefficient (Wildman–Crippen LogP) is 7.22. The third-order valence-electron chi connectivity index (χ3n) is 7.88. The van der Waals surface area contributed by atoms with Gasteiger partial charge in [0.05, 0.1) is 5.56 Å². The smallest absolute Gasteiger partial charge is 0.216 e. The van der Waals surface area contributed by atoms with Crippen molar-refractivity contribution in [3.05, 3.63) is 65.9 Å². The highest BCUT2D eigenvalue weighted by molar-refractivity contribution is 6.78. The molecule has 1 aliphatic carbocycles. The van der Waals surface area contributed by atoms with Crippen LogP contribution in [0.3, 0.4) is 0 Å². The number of furan rings is 1. The van der Waals surface area contributed by atoms with E-state index in [0.29, 0.717) is 0 Å². The van der Waals surface area contributed by atoms with Crippen LogP contribution in [0.1, 0.15) is 31.2 Å². The van der Waals surface area contributed by atoms with Gasteiger partial charge in [-0.15, -0.1) is 0 Å². The molecule has 1 aliphatic heterocycles. The SMILES string of the molecule is [2H]C1(c2cccc3c2oc2c(-c4cccc[n+]4C)c(C)ccc23)CC2C[Si](C)(C)CC2C1. The lowest BCUT2D eigenvalue weighted by Crippen LogP contribution is -2.30. The molecule has 0 spiro atoms. The van der Waals surface area contributed by atoms with E-state index < -0.39 is 14.0 Å². The molecule has 0 N–H and O–H groups in total. The van der Waals surface area contributed by atoms with E-state index in [1.165, 1.54) is 17.7 Å². The lowest BCUT2D eigenvalue weighted by molar-refractivity contribution is -0.660. The van der Waals surface area contributed by atoms with Crippen molar-refractivity contribution in [3.63, 3.8) is 0 Å². The van der Waals surface area contributed by atoms with Gasteiger partial charge in [-0.3, -0.25) is 0 Å². The Kier molecular flexibility index (Phi) is 3.99. The van der Waals surface area contributed by atoms with Crippen molar-refractivity contribution < 1.29 is 10.4 Å². The van der Waals surface area contributed by atoms with Crippen LogP contribution >= 0.6 is 0 Å². The van der Waals surface area contributed by atoms with Gasteiger partial charge in [0.25, 0.3) is 0 Å². The van der Waals surface area contributed by atoms with Gasteiger partial charge in [-0.1, -0.05) is 55.5 Å². The molecule has 4 aromatic rings. The Morgan fingerprint density at radius 1 is 0.935 bits per heavy atom. The van der Waals surface area contributed by atoms with Gasteiger partial charge < -0.3 is 4.42 Å². The number of para-hydroxylation sites is 1. The molecule has 31 heavy (non-hydrogen) atoms. The van der Waals surface area contributed by atoms with E-state index in [1.54, 1.807) is 0 Å². The quantitative estimate of drug-likeness (QED) is 0.244. The van der Waals surface area contributed by atoms with Crippen LogP contribution in [-0.2, 0) is 7.05 Å². The number of hydrogen-bond acceptors (Lipinski definition) is 1. The highest BCUT2D eigenvalue weighted by atomic mass is 28.3. The fourth-order valence-corrected chi connectivity index (χ4v) is 10.6. The Morgan fingerprint density at radius 2 is 1.68 bits per heavy atom. The topological polar surface area (TPSA) is 17.0 Å². The summed E-state index contributed by atoms with van der Waals surface area (Å²) in [5.41, 5.74) is 6.50. The summed E-state index contributed by atoms with van der Waals surface area (Å²) in [4.78, 5) is 0. The molecule has 2 fully saturated rings. The molecule has 2 unspecified atom stereocenters. The molecule has 1 saturated carbocycles. The molecule has 0 radical (unpaired) electrons. The maximum absolute atomic E-state index is 9.55. The second kappa shape index (κ2) is 6.80. The molecule has 2 aliphatic rings. The van der Waals surface area contributed by atoms with Crippen molar-refractivity contribution in [1.82, 2.24) is 0 Å². The van der Waals surface area contributed by atoms with Crippen LogP contribution in [-0.4, -0.2) is 8.07 Å². The first-order chi connectivity index (χ1) is 15.3. The van der Waals surface area contributed by atoms with Crippen LogP contribution in [0.15, 0.2) is 59.1 Å². The van der Waals surface area contributed by atoms with E-state index >= 15 is 0 Å². The molecular weight excluding hydrogens is 394 g/mol. The van der Waals surface area contributed by atoms with Crippen molar-refractivity contribution in [2.24, 2.45) is 18.9 Å². The van der Waals surface area contributed by atoms with E-state index in [2.05, 4.69) is 86.4 Å². The van der Waals surface area contributed by atoms with E-state index in [1.807, 2.05) is 0 Å². The first-order valence-electron chi connectivity index (χ1n) is 12.2. The zero-order valence-corrected chi connectivity index (χ0v) is 20.0. The average molecular weight is 428 g/mol. The molecule has 2 aromatic carbocycles. The van der Waals surface area contributed by atoms with Gasteiger partial charge in [0.1, 0.15) is 18.2 Å². The number of aryl methyl sites for hydroxylation is 2. The molecule has 6 rings (SSSR count). The monoisotopic (exact) mass is 427 g/mol. The average Bonchev–Trinajstić information content (AvgIpc) is 3.34. The summed E-state index contributed by atoms with van der Waals surface area (Å²) in [5, 5.41) is 2.30. The van der Waals surface area contributed by atoms with Crippen LogP contribution in [0, 0.1) is 18.8 Å². The van der Waals surface area contributed by atoms with E-state index in [9.17, 15) is 1.37 Å². The Bertz CT molecular complexity index is 1350. The molecule has 0 amide bonds. The molecule has 2 aromatic heterocycles. The zero-order valence-electron chi connectivity index (χ0n) is 20.0. The molecule has 3 heteroatoms. The third-order valence-corrected chi connectivity index (χ3v) is 11.1. The predicted molar refractivity (Wildman–Crippen MR) is 131 cm³/mol. The Morgan fingerprint density at radius 3 is 2.42 bits per heavy atom. The molecule has 2 atom stereocenters. The largest absolute Gasteiger partial charge is 0.455 e. The third kappa shape index (κ3) is 3.01. The minimum absolute atomic E-state index is 0.528. The fraction of sp³-hybridized carbons (Fsp3) is 0.393. The maximum Gasteiger partial charge on any atom is 0.216 e. The normalized spacial score (nSPS) is 27.7. The van der Waals surface area contributed by atoms with Gasteiger partial charge in [0.15, 0.2) is 6.20 Å². The second-order valence-electron chi connectivity index (χ2n) is 10.7. The summed E-state index contributed by atoms with van der Waals surface area (Å²) in [5.74, 6) is 0.935. The van der Waals surface area contributed by atoms with Crippen molar-refractivity contribution in [2.75, 3.05) is 0 Å². The Balaban J connectivity index is 1.54. The van der Waals surface area contributed by atoms with Gasteiger partial charge in [-0.2, -0.15) is 0 Å². The summed E-state index contributed by atoms with van der Waals surface area (Å²) in [6.07, 6.45) is 4.07. The van der Waals surface area contributed by atoms with Gasteiger partial charge in [-0.05, 0) is 54.7 Å². The summed E-state index contributed by atoms with van der Waals surface area (Å²) in [7, 11) is 1.04. The molecular formula is C28H32NOSi+. The van der Waals surface area contributed by atoms with Crippen LogP contribution < -0.4 is 4.57 Å². The minimum atomic E-state index is -1.05.